The zero-order chi connectivity index (χ0) is 27.4. The maximum atomic E-state index is 13.4. The van der Waals surface area contributed by atoms with E-state index in [4.69, 9.17) is 4.74 Å². The van der Waals surface area contributed by atoms with E-state index in [-0.39, 0.29) is 45.0 Å². The van der Waals surface area contributed by atoms with Crippen molar-refractivity contribution < 1.29 is 29.3 Å². The number of likely N-dealkylation sites (tertiary alicyclic amines) is 1. The van der Waals surface area contributed by atoms with Crippen LogP contribution < -0.4 is 10.6 Å². The van der Waals surface area contributed by atoms with Crippen molar-refractivity contribution in [2.45, 2.75) is 30.4 Å². The number of ether oxygens (including phenoxy) is 1. The quantitative estimate of drug-likeness (QED) is 0.368. The number of carbonyl (C=O) groups excluding carboxylic acids is 2. The van der Waals surface area contributed by atoms with Crippen LogP contribution in [0.15, 0.2) is 78.9 Å². The van der Waals surface area contributed by atoms with Crippen LogP contribution in [0.5, 0.6) is 0 Å². The molecule has 1 fully saturated rings. The van der Waals surface area contributed by atoms with Crippen molar-refractivity contribution in [1.82, 2.24) is 15.5 Å². The summed E-state index contributed by atoms with van der Waals surface area (Å²) < 4.78 is 5.68. The van der Waals surface area contributed by atoms with Crippen molar-refractivity contribution in [1.29, 1.82) is 0 Å². The van der Waals surface area contributed by atoms with Crippen LogP contribution in [0, 0.1) is 0 Å². The van der Waals surface area contributed by atoms with Crippen LogP contribution >= 0.6 is 0 Å². The lowest BCUT2D eigenvalue weighted by Gasteiger charge is -2.40. The van der Waals surface area contributed by atoms with Gasteiger partial charge in [0.1, 0.15) is 12.1 Å². The first-order valence-corrected chi connectivity index (χ1v) is 13.0. The van der Waals surface area contributed by atoms with Crippen LogP contribution in [0.4, 0.5) is 9.59 Å². The second-order valence-corrected chi connectivity index (χ2v) is 9.94. The molecule has 1 saturated heterocycles. The molecule has 0 saturated carbocycles. The van der Waals surface area contributed by atoms with E-state index in [0.29, 0.717) is 5.56 Å². The molecular weight excluding hydrogens is 498 g/mol. The van der Waals surface area contributed by atoms with Gasteiger partial charge >= 0.3 is 12.2 Å². The largest absolute Gasteiger partial charge is 0.465 e. The fraction of sp³-hybridized carbons (Fsp3) is 0.300. The average molecular weight is 530 g/mol. The van der Waals surface area contributed by atoms with E-state index >= 15 is 0 Å². The van der Waals surface area contributed by atoms with E-state index in [0.717, 1.165) is 22.3 Å². The van der Waals surface area contributed by atoms with Gasteiger partial charge in [-0.15, -0.1) is 0 Å². The van der Waals surface area contributed by atoms with Gasteiger partial charge in [0.2, 0.25) is 5.91 Å². The Balaban J connectivity index is 1.27. The molecule has 9 nitrogen and oxygen atoms in total. The van der Waals surface area contributed by atoms with Crippen LogP contribution in [0.25, 0.3) is 11.1 Å². The van der Waals surface area contributed by atoms with E-state index in [1.165, 1.54) is 4.90 Å². The summed E-state index contributed by atoms with van der Waals surface area (Å²) in [7, 11) is 0. The number of benzene rings is 3. The number of rotatable bonds is 7. The van der Waals surface area contributed by atoms with Gasteiger partial charge in [-0.25, -0.2) is 9.59 Å². The number of alkyl carbamates (subject to hydrolysis) is 1. The Morgan fingerprint density at radius 3 is 2.05 bits per heavy atom. The molecule has 2 aliphatic rings. The van der Waals surface area contributed by atoms with Gasteiger partial charge in [0.15, 0.2) is 0 Å². The van der Waals surface area contributed by atoms with Crippen LogP contribution in [-0.4, -0.2) is 65.0 Å². The lowest BCUT2D eigenvalue weighted by molar-refractivity contribution is -0.129. The first-order valence-electron chi connectivity index (χ1n) is 13.0. The van der Waals surface area contributed by atoms with E-state index < -0.39 is 29.7 Å². The number of hydrogen-bond donors (Lipinski definition) is 4. The van der Waals surface area contributed by atoms with E-state index in [9.17, 15) is 24.6 Å². The number of nitrogens with zero attached hydrogens (tertiary/aromatic N) is 1. The second kappa shape index (κ2) is 11.2. The maximum Gasteiger partial charge on any atom is 0.408 e. The molecule has 1 unspecified atom stereocenters. The molecule has 1 aliphatic heterocycles. The fourth-order valence-corrected chi connectivity index (χ4v) is 5.47. The highest BCUT2D eigenvalue weighted by atomic mass is 16.5. The molecule has 0 spiro atoms. The van der Waals surface area contributed by atoms with Crippen molar-refractivity contribution >= 4 is 18.1 Å². The Hall–Kier alpha value is -4.37. The van der Waals surface area contributed by atoms with Gasteiger partial charge in [-0.05, 0) is 40.7 Å². The maximum absolute atomic E-state index is 13.4. The number of amides is 3. The molecule has 202 valence electrons. The molecule has 9 heteroatoms. The molecule has 3 amide bonds. The predicted octanol–water partition coefficient (Wildman–Crippen LogP) is 3.89. The molecule has 39 heavy (non-hydrogen) atoms. The SMILES string of the molecule is O=C(NC1(C(=O)NCC(O)c2ccccc2)CCN(C(=O)O)CC1)OCC1c2ccccc2-c2ccccc21. The van der Waals surface area contributed by atoms with Crippen LogP contribution in [0.2, 0.25) is 0 Å². The van der Waals surface area contributed by atoms with E-state index in [1.54, 1.807) is 24.3 Å². The molecule has 1 heterocycles. The first-order chi connectivity index (χ1) is 18.9. The average Bonchev–Trinajstić information content (AvgIpc) is 3.29. The third kappa shape index (κ3) is 5.44. The molecule has 5 rings (SSSR count). The summed E-state index contributed by atoms with van der Waals surface area (Å²) in [4.78, 5) is 39.2. The second-order valence-electron chi connectivity index (χ2n) is 9.94. The highest BCUT2D eigenvalue weighted by Gasteiger charge is 2.44. The third-order valence-corrected chi connectivity index (χ3v) is 7.65. The molecule has 3 aromatic carbocycles. The number of carbonyl (C=O) groups is 3. The Morgan fingerprint density at radius 2 is 1.46 bits per heavy atom. The Labute approximate surface area is 226 Å². The lowest BCUT2D eigenvalue weighted by Crippen LogP contribution is -2.64. The molecular formula is C30H31N3O6. The Kier molecular flexibility index (Phi) is 7.51. The highest BCUT2D eigenvalue weighted by molar-refractivity contribution is 5.90. The zero-order valence-electron chi connectivity index (χ0n) is 21.4. The number of hydrogen-bond acceptors (Lipinski definition) is 5. The topological polar surface area (TPSA) is 128 Å². The molecule has 4 N–H and O–H groups in total. The number of aliphatic hydroxyl groups excluding tert-OH is 1. The van der Waals surface area contributed by atoms with Gasteiger partial charge < -0.3 is 30.5 Å². The van der Waals surface area contributed by atoms with Crippen molar-refractivity contribution in [3.05, 3.63) is 95.6 Å². The summed E-state index contributed by atoms with van der Waals surface area (Å²) in [6.07, 6.45) is -2.60. The summed E-state index contributed by atoms with van der Waals surface area (Å²) >= 11 is 0. The Morgan fingerprint density at radius 1 is 0.897 bits per heavy atom. The van der Waals surface area contributed by atoms with Crippen molar-refractivity contribution in [3.63, 3.8) is 0 Å². The van der Waals surface area contributed by atoms with Gasteiger partial charge in [-0.1, -0.05) is 78.9 Å². The standard InChI is InChI=1S/C30H31N3O6/c34-26(20-8-2-1-3-9-20)18-31-27(35)30(14-16-33(17-15-30)29(37)38)32-28(36)39-19-25-23-12-6-4-10-21(23)22-11-5-7-13-24(22)25/h1-13,25-26,34H,14-19H2,(H,31,35)(H,32,36)(H,37,38). The van der Waals surface area contributed by atoms with Crippen molar-refractivity contribution in [2.24, 2.45) is 0 Å². The molecule has 1 aliphatic carbocycles. The summed E-state index contributed by atoms with van der Waals surface area (Å²) in [5.41, 5.74) is 3.64. The van der Waals surface area contributed by atoms with Crippen LogP contribution in [0.3, 0.4) is 0 Å². The molecule has 0 radical (unpaired) electrons. The van der Waals surface area contributed by atoms with Crippen LogP contribution in [-0.2, 0) is 9.53 Å². The fourth-order valence-electron chi connectivity index (χ4n) is 5.47. The number of piperidine rings is 1. The third-order valence-electron chi connectivity index (χ3n) is 7.65. The van der Waals surface area contributed by atoms with Gasteiger partial charge in [0.25, 0.3) is 0 Å². The van der Waals surface area contributed by atoms with E-state index in [1.807, 2.05) is 54.6 Å². The summed E-state index contributed by atoms with van der Waals surface area (Å²) in [6.45, 7) is 0.187. The summed E-state index contributed by atoms with van der Waals surface area (Å²) in [5, 5.41) is 25.4. The van der Waals surface area contributed by atoms with Gasteiger partial charge in [-0.2, -0.15) is 0 Å². The van der Waals surface area contributed by atoms with E-state index in [2.05, 4.69) is 10.6 Å². The molecule has 0 aromatic heterocycles. The van der Waals surface area contributed by atoms with Crippen molar-refractivity contribution in [2.75, 3.05) is 26.2 Å². The summed E-state index contributed by atoms with van der Waals surface area (Å²) in [6, 6.07) is 24.9. The van der Waals surface area contributed by atoms with Gasteiger partial charge in [-0.3, -0.25) is 4.79 Å². The minimum atomic E-state index is -1.37. The lowest BCUT2D eigenvalue weighted by atomic mass is 9.86. The number of fused-ring (bicyclic) bond motifs is 3. The first kappa shape index (κ1) is 26.2. The van der Waals surface area contributed by atoms with Crippen molar-refractivity contribution in [3.8, 4) is 11.1 Å². The number of aliphatic hydroxyl groups is 1. The predicted molar refractivity (Wildman–Crippen MR) is 144 cm³/mol. The monoisotopic (exact) mass is 529 g/mol. The minimum absolute atomic E-state index is 0.0559. The smallest absolute Gasteiger partial charge is 0.408 e. The zero-order valence-corrected chi connectivity index (χ0v) is 21.4. The Bertz CT molecular complexity index is 1310. The van der Waals surface area contributed by atoms with Crippen LogP contribution in [0.1, 0.15) is 41.6 Å². The highest BCUT2D eigenvalue weighted by Crippen LogP contribution is 2.44. The number of nitrogens with one attached hydrogen (secondary N) is 2. The normalized spacial score (nSPS) is 16.5. The van der Waals surface area contributed by atoms with Gasteiger partial charge in [0, 0.05) is 25.6 Å². The molecule has 3 aromatic rings. The summed E-state index contributed by atoms with van der Waals surface area (Å²) in [5.74, 6) is -0.626. The molecule has 0 bridgehead atoms. The molecule has 1 atom stereocenters. The number of carboxylic acid groups (broad SMARTS) is 1. The minimum Gasteiger partial charge on any atom is -0.465 e. The van der Waals surface area contributed by atoms with Gasteiger partial charge in [0.05, 0.1) is 6.10 Å².